The Morgan fingerprint density at radius 2 is 1.83 bits per heavy atom. The van der Waals surface area contributed by atoms with E-state index in [2.05, 4.69) is 5.32 Å². The van der Waals surface area contributed by atoms with Gasteiger partial charge in [-0.05, 0) is 44.9 Å². The van der Waals surface area contributed by atoms with Crippen molar-refractivity contribution >= 4 is 21.9 Å². The summed E-state index contributed by atoms with van der Waals surface area (Å²) in [4.78, 5) is 24.2. The van der Waals surface area contributed by atoms with Crippen LogP contribution in [0.4, 0.5) is 0 Å². The molecule has 0 bridgehead atoms. The number of hydrogen-bond acceptors (Lipinski definition) is 6. The molecule has 0 radical (unpaired) electrons. The number of benzene rings is 1. The van der Waals surface area contributed by atoms with Crippen LogP contribution < -0.4 is 5.32 Å². The summed E-state index contributed by atoms with van der Waals surface area (Å²) in [5.74, 6) is -1.13. The highest BCUT2D eigenvalue weighted by molar-refractivity contribution is 7.89. The minimum atomic E-state index is -3.77. The number of carbonyl (C=O) groups is 2. The van der Waals surface area contributed by atoms with E-state index in [4.69, 9.17) is 9.47 Å². The number of sulfonamides is 1. The molecule has 1 aliphatic heterocycles. The third kappa shape index (κ3) is 6.25. The van der Waals surface area contributed by atoms with E-state index in [-0.39, 0.29) is 47.7 Å². The Bertz CT molecular complexity index is 812. The number of ether oxygens (including phenoxy) is 2. The van der Waals surface area contributed by atoms with Crippen molar-refractivity contribution in [1.29, 1.82) is 0 Å². The van der Waals surface area contributed by atoms with Crippen LogP contribution in [0.1, 0.15) is 50.9 Å². The summed E-state index contributed by atoms with van der Waals surface area (Å²) in [5, 5.41) is 2.78. The van der Waals surface area contributed by atoms with Gasteiger partial charge in [-0.1, -0.05) is 19.9 Å². The van der Waals surface area contributed by atoms with E-state index in [9.17, 15) is 18.0 Å². The molecular formula is C20H30N2O6S. The third-order valence-electron chi connectivity index (χ3n) is 4.78. The molecule has 1 aromatic rings. The zero-order chi connectivity index (χ0) is 21.6. The van der Waals surface area contributed by atoms with Gasteiger partial charge in [-0.2, -0.15) is 4.31 Å². The van der Waals surface area contributed by atoms with E-state index < -0.39 is 22.6 Å². The lowest BCUT2D eigenvalue weighted by Gasteiger charge is -2.34. The lowest BCUT2D eigenvalue weighted by Crippen LogP contribution is -2.48. The van der Waals surface area contributed by atoms with Crippen molar-refractivity contribution in [2.75, 3.05) is 19.7 Å². The van der Waals surface area contributed by atoms with Crippen molar-refractivity contribution in [3.63, 3.8) is 0 Å². The summed E-state index contributed by atoms with van der Waals surface area (Å²) < 4.78 is 37.9. The fourth-order valence-corrected chi connectivity index (χ4v) is 4.87. The summed E-state index contributed by atoms with van der Waals surface area (Å²) in [6.45, 7) is 7.64. The molecule has 8 nitrogen and oxygen atoms in total. The third-order valence-corrected chi connectivity index (χ3v) is 6.61. The van der Waals surface area contributed by atoms with Crippen molar-refractivity contribution in [3.8, 4) is 0 Å². The molecule has 1 fully saturated rings. The summed E-state index contributed by atoms with van der Waals surface area (Å²) in [6, 6.07) is 5.71. The van der Waals surface area contributed by atoms with Crippen molar-refractivity contribution in [2.45, 2.75) is 63.7 Å². The first-order valence-corrected chi connectivity index (χ1v) is 11.3. The van der Waals surface area contributed by atoms with Gasteiger partial charge in [0.2, 0.25) is 10.0 Å². The van der Waals surface area contributed by atoms with Crippen LogP contribution >= 0.6 is 0 Å². The highest BCUT2D eigenvalue weighted by atomic mass is 32.2. The quantitative estimate of drug-likeness (QED) is 0.638. The summed E-state index contributed by atoms with van der Waals surface area (Å²) >= 11 is 0. The van der Waals surface area contributed by atoms with Crippen molar-refractivity contribution < 1.29 is 27.5 Å². The highest BCUT2D eigenvalue weighted by Crippen LogP contribution is 2.22. The topological polar surface area (TPSA) is 102 Å². The van der Waals surface area contributed by atoms with Crippen molar-refractivity contribution in [2.24, 2.45) is 0 Å². The van der Waals surface area contributed by atoms with E-state index >= 15 is 0 Å². The average molecular weight is 427 g/mol. The van der Waals surface area contributed by atoms with E-state index in [0.717, 1.165) is 12.8 Å². The molecule has 1 aliphatic rings. The number of nitrogens with zero attached hydrogens (tertiary/aromatic N) is 1. The molecule has 0 aliphatic carbocycles. The highest BCUT2D eigenvalue weighted by Gasteiger charge is 2.32. The van der Waals surface area contributed by atoms with Crippen LogP contribution in [0, 0.1) is 0 Å². The minimum absolute atomic E-state index is 0.00901. The molecule has 9 heteroatoms. The normalized spacial score (nSPS) is 20.4. The second-order valence-corrected chi connectivity index (χ2v) is 9.20. The maximum atomic E-state index is 13.0. The lowest BCUT2D eigenvalue weighted by molar-refractivity contribution is -0.125. The van der Waals surface area contributed by atoms with Crippen LogP contribution in [0.15, 0.2) is 29.2 Å². The van der Waals surface area contributed by atoms with Gasteiger partial charge in [0, 0.05) is 19.1 Å². The molecule has 0 spiro atoms. The summed E-state index contributed by atoms with van der Waals surface area (Å²) in [5.41, 5.74) is 0.0794. The van der Waals surface area contributed by atoms with Gasteiger partial charge < -0.3 is 14.8 Å². The van der Waals surface area contributed by atoms with Crippen molar-refractivity contribution in [1.82, 2.24) is 9.62 Å². The van der Waals surface area contributed by atoms with Crippen LogP contribution in [0.2, 0.25) is 0 Å². The van der Waals surface area contributed by atoms with Gasteiger partial charge in [0.1, 0.15) is 0 Å². The van der Waals surface area contributed by atoms with Gasteiger partial charge in [0.25, 0.3) is 5.91 Å². The Balaban J connectivity index is 2.06. The van der Waals surface area contributed by atoms with E-state index in [1.165, 1.54) is 28.6 Å². The maximum absolute atomic E-state index is 13.0. The zero-order valence-corrected chi connectivity index (χ0v) is 18.2. The van der Waals surface area contributed by atoms with Gasteiger partial charge in [0.15, 0.2) is 6.61 Å². The largest absolute Gasteiger partial charge is 0.452 e. The Morgan fingerprint density at radius 1 is 1.21 bits per heavy atom. The standard InChI is InChI=1S/C20H30N2O6S/c1-5-17(6-2)21-19(23)13-27-20(24)16-8-7-9-18(10-16)29(25,26)22-11-14(3)28-15(4)12-22/h7-10,14-15,17H,5-6,11-13H2,1-4H3,(H,21,23)/t14-,15-/m1/s1. The molecule has 1 amide bonds. The monoisotopic (exact) mass is 426 g/mol. The summed E-state index contributed by atoms with van der Waals surface area (Å²) in [7, 11) is -3.77. The molecule has 162 valence electrons. The average Bonchev–Trinajstić information content (AvgIpc) is 2.69. The molecule has 2 atom stereocenters. The smallest absolute Gasteiger partial charge is 0.338 e. The van der Waals surface area contributed by atoms with E-state index in [1.54, 1.807) is 0 Å². The minimum Gasteiger partial charge on any atom is -0.452 e. The van der Waals surface area contributed by atoms with Crippen LogP contribution in [0.25, 0.3) is 0 Å². The number of hydrogen-bond donors (Lipinski definition) is 1. The number of esters is 1. The van der Waals surface area contributed by atoms with Gasteiger partial charge in [0.05, 0.1) is 22.7 Å². The van der Waals surface area contributed by atoms with Crippen LogP contribution in [0.5, 0.6) is 0 Å². The number of morpholine rings is 1. The molecule has 1 heterocycles. The van der Waals surface area contributed by atoms with Gasteiger partial charge in [-0.15, -0.1) is 0 Å². The molecule has 0 aromatic heterocycles. The number of amides is 1. The van der Waals surface area contributed by atoms with Crippen molar-refractivity contribution in [3.05, 3.63) is 29.8 Å². The molecule has 0 unspecified atom stereocenters. The Hall–Kier alpha value is -1.97. The molecule has 2 rings (SSSR count). The van der Waals surface area contributed by atoms with Crippen LogP contribution in [0.3, 0.4) is 0 Å². The SMILES string of the molecule is CCC(CC)NC(=O)COC(=O)c1cccc(S(=O)(=O)N2C[C@@H](C)O[C@H](C)C2)c1. The predicted octanol–water partition coefficient (Wildman–Crippen LogP) is 1.95. The molecule has 1 N–H and O–H groups in total. The lowest BCUT2D eigenvalue weighted by atomic mass is 10.2. The van der Waals surface area contributed by atoms with Crippen LogP contribution in [-0.4, -0.2) is 62.5 Å². The molecule has 0 saturated carbocycles. The van der Waals surface area contributed by atoms with E-state index in [0.29, 0.717) is 0 Å². The fourth-order valence-electron chi connectivity index (χ4n) is 3.24. The molecule has 1 aromatic carbocycles. The first kappa shape index (κ1) is 23.3. The summed E-state index contributed by atoms with van der Waals surface area (Å²) in [6.07, 6.45) is 1.15. The van der Waals surface area contributed by atoms with E-state index in [1.807, 2.05) is 27.7 Å². The molecule has 29 heavy (non-hydrogen) atoms. The second-order valence-electron chi connectivity index (χ2n) is 7.26. The Labute approximate surface area is 172 Å². The van der Waals surface area contributed by atoms with Gasteiger partial charge in [-0.3, -0.25) is 4.79 Å². The fraction of sp³-hybridized carbons (Fsp3) is 0.600. The predicted molar refractivity (Wildman–Crippen MR) is 108 cm³/mol. The number of nitrogens with one attached hydrogen (secondary N) is 1. The molecular weight excluding hydrogens is 396 g/mol. The van der Waals surface area contributed by atoms with Gasteiger partial charge in [-0.25, -0.2) is 13.2 Å². The zero-order valence-electron chi connectivity index (χ0n) is 17.4. The maximum Gasteiger partial charge on any atom is 0.338 e. The van der Waals surface area contributed by atoms with Crippen LogP contribution in [-0.2, 0) is 24.3 Å². The first-order chi connectivity index (χ1) is 13.7. The number of carbonyl (C=O) groups excluding carboxylic acids is 2. The molecule has 1 saturated heterocycles. The number of rotatable bonds is 8. The second kappa shape index (κ2) is 10.2. The van der Waals surface area contributed by atoms with Gasteiger partial charge >= 0.3 is 5.97 Å². The Kier molecular flexibility index (Phi) is 8.18. The Morgan fingerprint density at radius 3 is 2.41 bits per heavy atom. The first-order valence-electron chi connectivity index (χ1n) is 9.89.